The van der Waals surface area contributed by atoms with E-state index < -0.39 is 30.7 Å². The molecule has 14 heteroatoms. The molecule has 3 N–H and O–H groups in total. The lowest BCUT2D eigenvalue weighted by Gasteiger charge is -2.31. The highest BCUT2D eigenvalue weighted by molar-refractivity contribution is 6.00. The first-order valence-electron chi connectivity index (χ1n) is 13.5. The minimum Gasteiger partial charge on any atom is -0.387 e. The number of aliphatic hydroxyl groups is 1. The van der Waals surface area contributed by atoms with Crippen LogP contribution in [0.4, 0.5) is 18.9 Å². The molecule has 0 radical (unpaired) electrons. The first-order valence-corrected chi connectivity index (χ1v) is 13.5. The summed E-state index contributed by atoms with van der Waals surface area (Å²) in [4.78, 5) is 17.6. The van der Waals surface area contributed by atoms with E-state index in [4.69, 9.17) is 0 Å². The molecule has 0 bridgehead atoms. The Morgan fingerprint density at radius 3 is 2.64 bits per heavy atom. The molecular formula is C28H30F3N9O2. The summed E-state index contributed by atoms with van der Waals surface area (Å²) in [6.07, 6.45) is 2.21. The van der Waals surface area contributed by atoms with E-state index in [2.05, 4.69) is 37.0 Å². The van der Waals surface area contributed by atoms with Crippen molar-refractivity contribution in [2.75, 3.05) is 11.9 Å². The standard InChI is InChI=1S/C28H30F3N9O2/c1-28(2,42)24(29)14-34-27(41)20-13-33-22(23-8-7-19-9-16(11-32)12-36-40(19)23)10-21(20)37-17-3-5-18(6-4-17)39-15-35-38-26(39)25(30)31/h7-10,12-13,15,17-18,24-25,42H,3-6,14H2,1-2H3,(H,33,37)(H,34,41)/t17?,18?,24-/m1/s1. The summed E-state index contributed by atoms with van der Waals surface area (Å²) in [7, 11) is 0. The van der Waals surface area contributed by atoms with Crippen LogP contribution in [0.2, 0.25) is 0 Å². The maximum absolute atomic E-state index is 14.4. The number of rotatable bonds is 9. The topological polar surface area (TPSA) is 146 Å². The van der Waals surface area contributed by atoms with Crippen LogP contribution in [-0.4, -0.2) is 64.7 Å². The number of halogens is 3. The van der Waals surface area contributed by atoms with Crippen molar-refractivity contribution in [2.24, 2.45) is 0 Å². The third kappa shape index (κ3) is 6.06. The highest BCUT2D eigenvalue weighted by Gasteiger charge is 2.29. The van der Waals surface area contributed by atoms with E-state index >= 15 is 0 Å². The van der Waals surface area contributed by atoms with Gasteiger partial charge < -0.3 is 20.3 Å². The Hall–Kier alpha value is -4.51. The number of amides is 1. The molecule has 220 valence electrons. The number of carbonyl (C=O) groups excluding carboxylic acids is 1. The predicted octanol–water partition coefficient (Wildman–Crippen LogP) is 4.23. The van der Waals surface area contributed by atoms with E-state index in [1.54, 1.807) is 28.8 Å². The van der Waals surface area contributed by atoms with Crippen molar-refractivity contribution >= 4 is 17.1 Å². The van der Waals surface area contributed by atoms with E-state index in [0.29, 0.717) is 53.8 Å². The fraction of sp³-hybridized carbons (Fsp3) is 0.429. The predicted molar refractivity (Wildman–Crippen MR) is 147 cm³/mol. The second-order valence-corrected chi connectivity index (χ2v) is 10.9. The summed E-state index contributed by atoms with van der Waals surface area (Å²) in [5.74, 6) is -0.920. The summed E-state index contributed by atoms with van der Waals surface area (Å²) in [5.41, 5.74) is 1.26. The number of hydrogen-bond acceptors (Lipinski definition) is 8. The molecular weight excluding hydrogens is 551 g/mol. The molecule has 1 fully saturated rings. The first kappa shape index (κ1) is 29.0. The average Bonchev–Trinajstić information content (AvgIpc) is 3.63. The van der Waals surface area contributed by atoms with E-state index in [1.807, 2.05) is 0 Å². The molecule has 0 aromatic carbocycles. The van der Waals surface area contributed by atoms with Gasteiger partial charge in [0.15, 0.2) is 5.82 Å². The molecule has 1 saturated carbocycles. The molecule has 1 amide bonds. The molecule has 0 saturated heterocycles. The molecule has 42 heavy (non-hydrogen) atoms. The van der Waals surface area contributed by atoms with Gasteiger partial charge in [0.2, 0.25) is 0 Å². The normalized spacial score (nSPS) is 18.1. The maximum Gasteiger partial charge on any atom is 0.297 e. The molecule has 0 spiro atoms. The van der Waals surface area contributed by atoms with Gasteiger partial charge in [-0.3, -0.25) is 9.78 Å². The average molecular weight is 582 g/mol. The molecule has 4 aromatic heterocycles. The lowest BCUT2D eigenvalue weighted by atomic mass is 9.90. The Morgan fingerprint density at radius 2 is 1.95 bits per heavy atom. The van der Waals surface area contributed by atoms with Crippen LogP contribution in [-0.2, 0) is 0 Å². The van der Waals surface area contributed by atoms with Gasteiger partial charge in [0.25, 0.3) is 12.3 Å². The summed E-state index contributed by atoms with van der Waals surface area (Å²) < 4.78 is 44.1. The second kappa shape index (κ2) is 11.8. The van der Waals surface area contributed by atoms with Crippen molar-refractivity contribution in [3.63, 3.8) is 0 Å². The van der Waals surface area contributed by atoms with Gasteiger partial charge in [-0.25, -0.2) is 17.7 Å². The summed E-state index contributed by atoms with van der Waals surface area (Å²) in [6, 6.07) is 8.82. The van der Waals surface area contributed by atoms with Gasteiger partial charge in [-0.05, 0) is 63.8 Å². The minimum atomic E-state index is -2.72. The Kier molecular flexibility index (Phi) is 8.13. The lowest BCUT2D eigenvalue weighted by Crippen LogP contribution is -2.42. The van der Waals surface area contributed by atoms with Crippen LogP contribution < -0.4 is 10.6 Å². The van der Waals surface area contributed by atoms with Crippen molar-refractivity contribution < 1.29 is 23.1 Å². The zero-order chi connectivity index (χ0) is 30.0. The van der Waals surface area contributed by atoms with E-state index in [9.17, 15) is 28.3 Å². The third-order valence-corrected chi connectivity index (χ3v) is 7.49. The minimum absolute atomic E-state index is 0.0831. The number of fused-ring (bicyclic) bond motifs is 1. The number of nitrogens with one attached hydrogen (secondary N) is 2. The lowest BCUT2D eigenvalue weighted by molar-refractivity contribution is -0.00177. The van der Waals surface area contributed by atoms with Gasteiger partial charge in [0.1, 0.15) is 18.6 Å². The fourth-order valence-corrected chi connectivity index (χ4v) is 5.08. The number of hydrogen-bond donors (Lipinski definition) is 3. The number of carbonyl (C=O) groups is 1. The quantitative estimate of drug-likeness (QED) is 0.266. The van der Waals surface area contributed by atoms with Gasteiger partial charge in [-0.1, -0.05) is 0 Å². The van der Waals surface area contributed by atoms with Crippen molar-refractivity contribution in [3.05, 3.63) is 59.9 Å². The van der Waals surface area contributed by atoms with Gasteiger partial charge in [-0.15, -0.1) is 10.2 Å². The Bertz CT molecular complexity index is 1610. The molecule has 5 rings (SSSR count). The fourth-order valence-electron chi connectivity index (χ4n) is 5.08. The molecule has 4 heterocycles. The summed E-state index contributed by atoms with van der Waals surface area (Å²) in [5, 5.41) is 36.6. The third-order valence-electron chi connectivity index (χ3n) is 7.49. The Morgan fingerprint density at radius 1 is 1.19 bits per heavy atom. The van der Waals surface area contributed by atoms with E-state index in [0.717, 1.165) is 0 Å². The smallest absolute Gasteiger partial charge is 0.297 e. The Balaban J connectivity index is 1.40. The molecule has 0 unspecified atom stereocenters. The van der Waals surface area contributed by atoms with Crippen molar-refractivity contribution in [3.8, 4) is 17.5 Å². The number of aromatic nitrogens is 6. The molecule has 1 aliphatic rings. The number of pyridine rings is 1. The summed E-state index contributed by atoms with van der Waals surface area (Å²) >= 11 is 0. The molecule has 1 atom stereocenters. The first-order chi connectivity index (χ1) is 20.0. The van der Waals surface area contributed by atoms with Crippen molar-refractivity contribution in [1.29, 1.82) is 5.26 Å². The maximum atomic E-state index is 14.4. The molecule has 4 aromatic rings. The number of nitriles is 1. The van der Waals surface area contributed by atoms with Crippen LogP contribution in [0, 0.1) is 11.3 Å². The number of nitrogens with zero attached hydrogens (tertiary/aromatic N) is 7. The van der Waals surface area contributed by atoms with Crippen molar-refractivity contribution in [2.45, 2.75) is 69.8 Å². The van der Waals surface area contributed by atoms with Crippen LogP contribution in [0.5, 0.6) is 0 Å². The van der Waals surface area contributed by atoms with Gasteiger partial charge in [-0.2, -0.15) is 10.4 Å². The highest BCUT2D eigenvalue weighted by atomic mass is 19.3. The van der Waals surface area contributed by atoms with Crippen LogP contribution in [0.3, 0.4) is 0 Å². The van der Waals surface area contributed by atoms with E-state index in [-0.39, 0.29) is 23.5 Å². The zero-order valence-corrected chi connectivity index (χ0v) is 23.0. The van der Waals surface area contributed by atoms with Gasteiger partial charge in [0, 0.05) is 18.3 Å². The number of anilines is 1. The number of alkyl halides is 3. The largest absolute Gasteiger partial charge is 0.387 e. The van der Waals surface area contributed by atoms with Crippen LogP contribution in [0.1, 0.15) is 73.7 Å². The Labute approximate surface area is 239 Å². The summed E-state index contributed by atoms with van der Waals surface area (Å²) in [6.45, 7) is 2.25. The van der Waals surface area contributed by atoms with Crippen LogP contribution in [0.25, 0.3) is 16.9 Å². The monoisotopic (exact) mass is 581 g/mol. The van der Waals surface area contributed by atoms with E-state index in [1.165, 1.54) is 37.1 Å². The van der Waals surface area contributed by atoms with Crippen molar-refractivity contribution in [1.82, 2.24) is 34.7 Å². The SMILES string of the molecule is CC(C)(O)[C@H](F)CNC(=O)c1cnc(-c2ccc3cc(C#N)cnn23)cc1NC1CCC(n2cnnc2C(F)F)CC1. The van der Waals surface area contributed by atoms with Gasteiger partial charge in [0.05, 0.1) is 52.1 Å². The molecule has 1 aliphatic carbocycles. The van der Waals surface area contributed by atoms with Crippen LogP contribution in [0.15, 0.2) is 43.0 Å². The zero-order valence-electron chi connectivity index (χ0n) is 23.0. The highest BCUT2D eigenvalue weighted by Crippen LogP contribution is 2.34. The van der Waals surface area contributed by atoms with Gasteiger partial charge >= 0.3 is 0 Å². The molecule has 0 aliphatic heterocycles. The van der Waals surface area contributed by atoms with Crippen LogP contribution >= 0.6 is 0 Å². The molecule has 11 nitrogen and oxygen atoms in total. The second-order valence-electron chi connectivity index (χ2n) is 10.9.